The lowest BCUT2D eigenvalue weighted by Gasteiger charge is -2.09. The van der Waals surface area contributed by atoms with Crippen LogP contribution in [0.1, 0.15) is 11.1 Å². The number of para-hydroxylation sites is 2. The van der Waals surface area contributed by atoms with Gasteiger partial charge in [0, 0.05) is 29.7 Å². The van der Waals surface area contributed by atoms with Crippen molar-refractivity contribution < 1.29 is 9.47 Å². The van der Waals surface area contributed by atoms with Gasteiger partial charge in [0.15, 0.2) is 11.5 Å². The molecule has 0 fully saturated rings. The molecule has 2 aromatic carbocycles. The summed E-state index contributed by atoms with van der Waals surface area (Å²) in [6.45, 7) is 2.64. The van der Waals surface area contributed by atoms with E-state index in [4.69, 9.17) is 9.47 Å². The molecule has 0 aliphatic carbocycles. The van der Waals surface area contributed by atoms with Crippen LogP contribution in [0.2, 0.25) is 0 Å². The lowest BCUT2D eigenvalue weighted by atomic mass is 10.1. The zero-order valence-corrected chi connectivity index (χ0v) is 12.6. The van der Waals surface area contributed by atoms with Crippen LogP contribution in [0.5, 0.6) is 11.5 Å². The maximum Gasteiger partial charge on any atom is 0.161 e. The maximum absolute atomic E-state index is 5.93. The molecule has 0 aliphatic heterocycles. The van der Waals surface area contributed by atoms with Crippen molar-refractivity contribution in [2.24, 2.45) is 7.05 Å². The van der Waals surface area contributed by atoms with E-state index in [9.17, 15) is 0 Å². The van der Waals surface area contributed by atoms with E-state index in [0.717, 1.165) is 11.5 Å². The summed E-state index contributed by atoms with van der Waals surface area (Å²) in [6.07, 6.45) is 2.12. The van der Waals surface area contributed by atoms with E-state index in [0.29, 0.717) is 6.61 Å². The fraction of sp³-hybridized carbons (Fsp3) is 0.222. The number of hydrogen-bond donors (Lipinski definition) is 0. The van der Waals surface area contributed by atoms with Crippen molar-refractivity contribution in [2.75, 3.05) is 7.11 Å². The fourth-order valence-corrected chi connectivity index (χ4v) is 2.59. The van der Waals surface area contributed by atoms with E-state index in [-0.39, 0.29) is 0 Å². The molecule has 0 radical (unpaired) electrons. The van der Waals surface area contributed by atoms with Crippen molar-refractivity contribution in [1.82, 2.24) is 4.57 Å². The number of nitrogens with zero attached hydrogens (tertiary/aromatic N) is 1. The fourth-order valence-electron chi connectivity index (χ4n) is 2.59. The van der Waals surface area contributed by atoms with Crippen molar-refractivity contribution in [2.45, 2.75) is 13.5 Å². The average molecular weight is 281 g/mol. The van der Waals surface area contributed by atoms with Crippen molar-refractivity contribution >= 4 is 10.9 Å². The second kappa shape index (κ2) is 5.52. The van der Waals surface area contributed by atoms with Gasteiger partial charge in [-0.05, 0) is 30.7 Å². The van der Waals surface area contributed by atoms with Crippen molar-refractivity contribution in [1.29, 1.82) is 0 Å². The number of aromatic nitrogens is 1. The van der Waals surface area contributed by atoms with Gasteiger partial charge < -0.3 is 14.0 Å². The number of aryl methyl sites for hydroxylation is 2. The molecule has 1 aromatic heterocycles. The molecule has 0 saturated carbocycles. The molecular weight excluding hydrogens is 262 g/mol. The first-order valence-electron chi connectivity index (χ1n) is 6.99. The number of methoxy groups -OCH3 is 1. The summed E-state index contributed by atoms with van der Waals surface area (Å²) in [4.78, 5) is 0. The molecule has 3 aromatic rings. The first-order valence-corrected chi connectivity index (χ1v) is 6.99. The second-order valence-corrected chi connectivity index (χ2v) is 5.23. The first kappa shape index (κ1) is 13.6. The summed E-state index contributed by atoms with van der Waals surface area (Å²) >= 11 is 0. The molecule has 3 rings (SSSR count). The Kier molecular flexibility index (Phi) is 3.57. The van der Waals surface area contributed by atoms with Gasteiger partial charge in [-0.1, -0.05) is 24.3 Å². The molecule has 3 heteroatoms. The molecule has 0 aliphatic rings. The van der Waals surface area contributed by atoms with Crippen LogP contribution in [0.25, 0.3) is 10.9 Å². The SMILES string of the molecule is COc1ccccc1OCc1cn(C)c2cc(C)ccc12. The van der Waals surface area contributed by atoms with Gasteiger partial charge >= 0.3 is 0 Å². The third-order valence-electron chi connectivity index (χ3n) is 3.68. The molecule has 0 unspecified atom stereocenters. The van der Waals surface area contributed by atoms with Gasteiger partial charge in [-0.25, -0.2) is 0 Å². The standard InChI is InChI=1S/C18H19NO2/c1-13-8-9-15-14(11-19(2)16(15)10-13)12-21-18-7-5-4-6-17(18)20-3/h4-11H,12H2,1-3H3. The molecule has 0 bridgehead atoms. The Bertz CT molecular complexity index is 774. The summed E-state index contributed by atoms with van der Waals surface area (Å²) in [7, 11) is 3.72. The van der Waals surface area contributed by atoms with Gasteiger partial charge in [-0.15, -0.1) is 0 Å². The molecule has 0 N–H and O–H groups in total. The number of fused-ring (bicyclic) bond motifs is 1. The monoisotopic (exact) mass is 281 g/mol. The Morgan fingerprint density at radius 2 is 1.81 bits per heavy atom. The van der Waals surface area contributed by atoms with Crippen LogP contribution in [-0.4, -0.2) is 11.7 Å². The Morgan fingerprint density at radius 3 is 2.57 bits per heavy atom. The van der Waals surface area contributed by atoms with Crippen LogP contribution in [0.15, 0.2) is 48.7 Å². The van der Waals surface area contributed by atoms with E-state index in [1.54, 1.807) is 7.11 Å². The van der Waals surface area contributed by atoms with Gasteiger partial charge in [-0.2, -0.15) is 0 Å². The van der Waals surface area contributed by atoms with E-state index in [1.165, 1.54) is 22.0 Å². The lowest BCUT2D eigenvalue weighted by Crippen LogP contribution is -1.97. The van der Waals surface area contributed by atoms with Crippen LogP contribution in [0, 0.1) is 6.92 Å². The van der Waals surface area contributed by atoms with Crippen LogP contribution in [0.4, 0.5) is 0 Å². The van der Waals surface area contributed by atoms with Crippen molar-refractivity contribution in [3.63, 3.8) is 0 Å². The third-order valence-corrected chi connectivity index (χ3v) is 3.68. The smallest absolute Gasteiger partial charge is 0.161 e. The second-order valence-electron chi connectivity index (χ2n) is 5.23. The highest BCUT2D eigenvalue weighted by atomic mass is 16.5. The maximum atomic E-state index is 5.93. The van der Waals surface area contributed by atoms with Gasteiger partial charge in [0.25, 0.3) is 0 Å². The molecule has 108 valence electrons. The normalized spacial score (nSPS) is 10.8. The highest BCUT2D eigenvalue weighted by molar-refractivity contribution is 5.84. The zero-order chi connectivity index (χ0) is 14.8. The number of benzene rings is 2. The molecule has 21 heavy (non-hydrogen) atoms. The Balaban J connectivity index is 1.89. The first-order chi connectivity index (χ1) is 10.2. The van der Waals surface area contributed by atoms with Gasteiger partial charge in [0.2, 0.25) is 0 Å². The van der Waals surface area contributed by atoms with Crippen LogP contribution in [-0.2, 0) is 13.7 Å². The average Bonchev–Trinajstić information content (AvgIpc) is 2.81. The summed E-state index contributed by atoms with van der Waals surface area (Å²) in [5, 5.41) is 1.23. The molecular formula is C18H19NO2. The highest BCUT2D eigenvalue weighted by Gasteiger charge is 2.09. The minimum Gasteiger partial charge on any atom is -0.493 e. The number of ether oxygens (including phenoxy) is 2. The molecule has 3 nitrogen and oxygen atoms in total. The van der Waals surface area contributed by atoms with Crippen molar-refractivity contribution in [3.8, 4) is 11.5 Å². The van der Waals surface area contributed by atoms with Crippen LogP contribution >= 0.6 is 0 Å². The summed E-state index contributed by atoms with van der Waals surface area (Å²) < 4.78 is 13.4. The Morgan fingerprint density at radius 1 is 1.05 bits per heavy atom. The number of rotatable bonds is 4. The molecule has 0 amide bonds. The van der Waals surface area contributed by atoms with Crippen molar-refractivity contribution in [3.05, 3.63) is 59.8 Å². The van der Waals surface area contributed by atoms with E-state index < -0.39 is 0 Å². The van der Waals surface area contributed by atoms with Gasteiger partial charge in [0.05, 0.1) is 7.11 Å². The van der Waals surface area contributed by atoms with Crippen LogP contribution in [0.3, 0.4) is 0 Å². The zero-order valence-electron chi connectivity index (χ0n) is 12.6. The van der Waals surface area contributed by atoms with Gasteiger partial charge in [0.1, 0.15) is 6.61 Å². The Hall–Kier alpha value is -2.42. The lowest BCUT2D eigenvalue weighted by molar-refractivity contribution is 0.285. The predicted octanol–water partition coefficient (Wildman–Crippen LogP) is 4.07. The predicted molar refractivity (Wildman–Crippen MR) is 85.0 cm³/mol. The quantitative estimate of drug-likeness (QED) is 0.719. The van der Waals surface area contributed by atoms with E-state index >= 15 is 0 Å². The highest BCUT2D eigenvalue weighted by Crippen LogP contribution is 2.28. The topological polar surface area (TPSA) is 23.4 Å². The third kappa shape index (κ3) is 2.59. The van der Waals surface area contributed by atoms with Gasteiger partial charge in [-0.3, -0.25) is 0 Å². The summed E-state index contributed by atoms with van der Waals surface area (Å²) in [5.41, 5.74) is 3.67. The summed E-state index contributed by atoms with van der Waals surface area (Å²) in [6, 6.07) is 14.2. The van der Waals surface area contributed by atoms with Crippen LogP contribution < -0.4 is 9.47 Å². The largest absolute Gasteiger partial charge is 0.493 e. The molecule has 1 heterocycles. The molecule has 0 saturated heterocycles. The van der Waals surface area contributed by atoms with E-state index in [1.807, 2.05) is 24.3 Å². The minimum atomic E-state index is 0.529. The Labute approximate surface area is 124 Å². The van der Waals surface area contributed by atoms with E-state index in [2.05, 4.69) is 42.9 Å². The molecule has 0 atom stereocenters. The number of hydrogen-bond acceptors (Lipinski definition) is 2. The summed E-state index contributed by atoms with van der Waals surface area (Å²) in [5.74, 6) is 1.53. The molecule has 0 spiro atoms. The minimum absolute atomic E-state index is 0.529.